The third kappa shape index (κ3) is 3.21. The highest BCUT2D eigenvalue weighted by Gasteiger charge is 2.39. The Bertz CT molecular complexity index is 335. The maximum atomic E-state index is 3.80. The fourth-order valence-electron chi connectivity index (χ4n) is 2.74. The third-order valence-corrected chi connectivity index (χ3v) is 3.81. The molecule has 2 aliphatic rings. The second kappa shape index (κ2) is 5.85. The zero-order valence-electron chi connectivity index (χ0n) is 10.1. The Morgan fingerprint density at radius 3 is 2.47 bits per heavy atom. The first kappa shape index (κ1) is 12.9. The molecular formula is C14H21ClN2. The molecule has 17 heavy (non-hydrogen) atoms. The summed E-state index contributed by atoms with van der Waals surface area (Å²) >= 11 is 0. The van der Waals surface area contributed by atoms with Crippen molar-refractivity contribution in [3.63, 3.8) is 0 Å². The van der Waals surface area contributed by atoms with Crippen LogP contribution in [0.3, 0.4) is 0 Å². The summed E-state index contributed by atoms with van der Waals surface area (Å²) in [7, 11) is 0. The zero-order chi connectivity index (χ0) is 10.8. The molecule has 0 unspecified atom stereocenters. The SMILES string of the molecule is Cl.c1ccc([C@@H]2C[C@H]2NC2CCNCC2)cc1. The quantitative estimate of drug-likeness (QED) is 0.863. The summed E-state index contributed by atoms with van der Waals surface area (Å²) in [5.41, 5.74) is 1.51. The standard InChI is InChI=1S/C14H20N2.ClH/c1-2-4-11(5-3-1)13-10-14(13)16-12-6-8-15-9-7-12;/h1-5,12-16H,6-10H2;1H/t13-,14+;/m0./s1. The largest absolute Gasteiger partial charge is 0.317 e. The van der Waals surface area contributed by atoms with E-state index in [0.29, 0.717) is 0 Å². The van der Waals surface area contributed by atoms with Crippen LogP contribution in [0.15, 0.2) is 30.3 Å². The molecule has 94 valence electrons. The van der Waals surface area contributed by atoms with Gasteiger partial charge in [0.25, 0.3) is 0 Å². The summed E-state index contributed by atoms with van der Waals surface area (Å²) < 4.78 is 0. The fraction of sp³-hybridized carbons (Fsp3) is 0.571. The van der Waals surface area contributed by atoms with Gasteiger partial charge in [-0.05, 0) is 37.9 Å². The molecule has 2 atom stereocenters. The van der Waals surface area contributed by atoms with Gasteiger partial charge < -0.3 is 10.6 Å². The first-order valence-electron chi connectivity index (χ1n) is 6.45. The van der Waals surface area contributed by atoms with Gasteiger partial charge in [-0.1, -0.05) is 30.3 Å². The smallest absolute Gasteiger partial charge is 0.0145 e. The summed E-state index contributed by atoms with van der Waals surface area (Å²) in [6.45, 7) is 2.36. The minimum Gasteiger partial charge on any atom is -0.317 e. The summed E-state index contributed by atoms with van der Waals surface area (Å²) in [5, 5.41) is 7.21. The van der Waals surface area contributed by atoms with Gasteiger partial charge in [-0.25, -0.2) is 0 Å². The molecule has 1 saturated carbocycles. The lowest BCUT2D eigenvalue weighted by atomic mass is 10.1. The van der Waals surface area contributed by atoms with E-state index >= 15 is 0 Å². The minimum absolute atomic E-state index is 0. The van der Waals surface area contributed by atoms with Crippen LogP contribution in [-0.4, -0.2) is 25.2 Å². The lowest BCUT2D eigenvalue weighted by Gasteiger charge is -2.24. The lowest BCUT2D eigenvalue weighted by molar-refractivity contribution is 0.383. The molecule has 0 spiro atoms. The van der Waals surface area contributed by atoms with Crippen LogP contribution in [0.1, 0.15) is 30.7 Å². The first-order valence-corrected chi connectivity index (χ1v) is 6.45. The van der Waals surface area contributed by atoms with Crippen LogP contribution in [0, 0.1) is 0 Å². The van der Waals surface area contributed by atoms with Crippen molar-refractivity contribution in [2.75, 3.05) is 13.1 Å². The summed E-state index contributed by atoms with van der Waals surface area (Å²) in [4.78, 5) is 0. The summed E-state index contributed by atoms with van der Waals surface area (Å²) in [6, 6.07) is 12.4. The maximum Gasteiger partial charge on any atom is 0.0145 e. The molecule has 0 aromatic heterocycles. The highest BCUT2D eigenvalue weighted by atomic mass is 35.5. The Labute approximate surface area is 110 Å². The van der Waals surface area contributed by atoms with Crippen LogP contribution in [0.4, 0.5) is 0 Å². The van der Waals surface area contributed by atoms with Crippen molar-refractivity contribution in [1.29, 1.82) is 0 Å². The molecule has 0 bridgehead atoms. The molecule has 2 nitrogen and oxygen atoms in total. The van der Waals surface area contributed by atoms with Crippen LogP contribution in [0.5, 0.6) is 0 Å². The zero-order valence-corrected chi connectivity index (χ0v) is 10.9. The molecule has 2 N–H and O–H groups in total. The van der Waals surface area contributed by atoms with Crippen molar-refractivity contribution >= 4 is 12.4 Å². The highest BCUT2D eigenvalue weighted by Crippen LogP contribution is 2.41. The molecule has 3 heteroatoms. The molecule has 0 radical (unpaired) electrons. The Morgan fingerprint density at radius 2 is 1.76 bits per heavy atom. The molecule has 3 rings (SSSR count). The summed E-state index contributed by atoms with van der Waals surface area (Å²) in [6.07, 6.45) is 3.91. The second-order valence-electron chi connectivity index (χ2n) is 5.05. The van der Waals surface area contributed by atoms with Gasteiger partial charge in [0.2, 0.25) is 0 Å². The van der Waals surface area contributed by atoms with Gasteiger partial charge >= 0.3 is 0 Å². The fourth-order valence-corrected chi connectivity index (χ4v) is 2.74. The van der Waals surface area contributed by atoms with Gasteiger partial charge in [0.1, 0.15) is 0 Å². The third-order valence-electron chi connectivity index (χ3n) is 3.81. The molecule has 1 aromatic carbocycles. The van der Waals surface area contributed by atoms with Crippen LogP contribution >= 0.6 is 12.4 Å². The Balaban J connectivity index is 0.00000108. The van der Waals surface area contributed by atoms with E-state index < -0.39 is 0 Å². The molecule has 1 aliphatic carbocycles. The van der Waals surface area contributed by atoms with E-state index in [1.165, 1.54) is 37.9 Å². The predicted molar refractivity (Wildman–Crippen MR) is 73.9 cm³/mol. The van der Waals surface area contributed by atoms with Crippen molar-refractivity contribution in [3.8, 4) is 0 Å². The number of halogens is 1. The molecular weight excluding hydrogens is 232 g/mol. The van der Waals surface area contributed by atoms with Crippen molar-refractivity contribution in [2.45, 2.75) is 37.3 Å². The number of hydrogen-bond donors (Lipinski definition) is 2. The van der Waals surface area contributed by atoms with E-state index in [0.717, 1.165) is 18.0 Å². The molecule has 1 aliphatic heterocycles. The van der Waals surface area contributed by atoms with Gasteiger partial charge in [0.05, 0.1) is 0 Å². The van der Waals surface area contributed by atoms with E-state index in [4.69, 9.17) is 0 Å². The van der Waals surface area contributed by atoms with Gasteiger partial charge in [-0.15, -0.1) is 12.4 Å². The second-order valence-corrected chi connectivity index (χ2v) is 5.05. The molecule has 2 fully saturated rings. The first-order chi connectivity index (χ1) is 7.93. The van der Waals surface area contributed by atoms with E-state index in [-0.39, 0.29) is 12.4 Å². The normalized spacial score (nSPS) is 28.5. The topological polar surface area (TPSA) is 24.1 Å². The number of nitrogens with one attached hydrogen (secondary N) is 2. The van der Waals surface area contributed by atoms with E-state index in [9.17, 15) is 0 Å². The van der Waals surface area contributed by atoms with Crippen LogP contribution in [-0.2, 0) is 0 Å². The van der Waals surface area contributed by atoms with Gasteiger partial charge in [0.15, 0.2) is 0 Å². The van der Waals surface area contributed by atoms with Gasteiger partial charge in [-0.3, -0.25) is 0 Å². The number of piperidine rings is 1. The average Bonchev–Trinajstić information content (AvgIpc) is 3.11. The van der Waals surface area contributed by atoms with Crippen molar-refractivity contribution < 1.29 is 0 Å². The van der Waals surface area contributed by atoms with Crippen LogP contribution < -0.4 is 10.6 Å². The Hall–Kier alpha value is -0.570. The number of rotatable bonds is 3. The predicted octanol–water partition coefficient (Wildman–Crippen LogP) is 2.31. The molecule has 1 aromatic rings. The number of hydrogen-bond acceptors (Lipinski definition) is 2. The van der Waals surface area contributed by atoms with Crippen molar-refractivity contribution in [3.05, 3.63) is 35.9 Å². The molecule has 0 amide bonds. The lowest BCUT2D eigenvalue weighted by Crippen LogP contribution is -2.41. The highest BCUT2D eigenvalue weighted by molar-refractivity contribution is 5.85. The van der Waals surface area contributed by atoms with E-state index in [1.54, 1.807) is 0 Å². The van der Waals surface area contributed by atoms with Gasteiger partial charge in [0, 0.05) is 18.0 Å². The summed E-state index contributed by atoms with van der Waals surface area (Å²) in [5.74, 6) is 0.774. The van der Waals surface area contributed by atoms with Crippen molar-refractivity contribution in [1.82, 2.24) is 10.6 Å². The van der Waals surface area contributed by atoms with Crippen LogP contribution in [0.2, 0.25) is 0 Å². The van der Waals surface area contributed by atoms with E-state index in [2.05, 4.69) is 41.0 Å². The van der Waals surface area contributed by atoms with Crippen LogP contribution in [0.25, 0.3) is 0 Å². The van der Waals surface area contributed by atoms with Crippen molar-refractivity contribution in [2.24, 2.45) is 0 Å². The average molecular weight is 253 g/mol. The van der Waals surface area contributed by atoms with E-state index in [1.807, 2.05) is 0 Å². The minimum atomic E-state index is 0. The maximum absolute atomic E-state index is 3.80. The Kier molecular flexibility index (Phi) is 4.43. The number of benzene rings is 1. The molecule has 1 heterocycles. The monoisotopic (exact) mass is 252 g/mol. The van der Waals surface area contributed by atoms with Gasteiger partial charge in [-0.2, -0.15) is 0 Å². The molecule has 1 saturated heterocycles. The Morgan fingerprint density at radius 1 is 1.06 bits per heavy atom.